The number of amides is 2. The Morgan fingerprint density at radius 3 is 2.68 bits per heavy atom. The van der Waals surface area contributed by atoms with Gasteiger partial charge < -0.3 is 11.1 Å². The summed E-state index contributed by atoms with van der Waals surface area (Å²) in [6.07, 6.45) is 5.91. The van der Waals surface area contributed by atoms with Crippen molar-refractivity contribution in [3.05, 3.63) is 45.8 Å². The fourth-order valence-electron chi connectivity index (χ4n) is 3.74. The van der Waals surface area contributed by atoms with E-state index in [1.807, 2.05) is 6.92 Å². The molecule has 0 bridgehead atoms. The van der Waals surface area contributed by atoms with Gasteiger partial charge in [0.1, 0.15) is 6.54 Å². The van der Waals surface area contributed by atoms with Crippen molar-refractivity contribution >= 4 is 23.3 Å². The maximum Gasteiger partial charge on any atom is 0.296 e. The average molecular weight is 428 g/mol. The molecule has 2 aromatic heterocycles. The smallest absolute Gasteiger partial charge is 0.296 e. The first-order valence-electron chi connectivity index (χ1n) is 10.4. The Morgan fingerprint density at radius 2 is 1.97 bits per heavy atom. The zero-order valence-electron chi connectivity index (χ0n) is 17.9. The third kappa shape index (κ3) is 5.46. The number of hydrazine groups is 1. The van der Waals surface area contributed by atoms with E-state index in [0.717, 1.165) is 36.4 Å². The van der Waals surface area contributed by atoms with E-state index < -0.39 is 11.5 Å². The summed E-state index contributed by atoms with van der Waals surface area (Å²) >= 11 is 0. The second-order valence-electron chi connectivity index (χ2n) is 8.00. The highest BCUT2D eigenvalue weighted by Crippen LogP contribution is 2.28. The minimum Gasteiger partial charge on any atom is -0.397 e. The topological polar surface area (TPSA) is 149 Å². The Morgan fingerprint density at radius 1 is 1.26 bits per heavy atom. The van der Waals surface area contributed by atoms with Crippen molar-refractivity contribution in [2.24, 2.45) is 11.8 Å². The van der Waals surface area contributed by atoms with Crippen LogP contribution >= 0.6 is 0 Å². The molecule has 1 saturated carbocycles. The summed E-state index contributed by atoms with van der Waals surface area (Å²) in [6, 6.07) is 3.51. The normalized spacial score (nSPS) is 13.9. The van der Waals surface area contributed by atoms with Crippen molar-refractivity contribution in [3.8, 4) is 0 Å². The first-order valence-corrected chi connectivity index (χ1v) is 10.4. The molecule has 166 valence electrons. The Kier molecular flexibility index (Phi) is 7.01. The van der Waals surface area contributed by atoms with Gasteiger partial charge in [-0.2, -0.15) is 0 Å². The van der Waals surface area contributed by atoms with Crippen molar-refractivity contribution in [3.63, 3.8) is 0 Å². The second kappa shape index (κ2) is 9.69. The molecule has 1 aliphatic carbocycles. The Hall–Kier alpha value is -3.27. The number of pyridine rings is 1. The molecule has 0 spiro atoms. The molecule has 1 aliphatic rings. The van der Waals surface area contributed by atoms with E-state index in [1.54, 1.807) is 19.1 Å². The molecule has 0 aliphatic heterocycles. The highest BCUT2D eigenvalue weighted by Gasteiger charge is 2.24. The number of aromatic nitrogens is 3. The zero-order chi connectivity index (χ0) is 22.5. The van der Waals surface area contributed by atoms with Crippen molar-refractivity contribution in [1.82, 2.24) is 19.9 Å². The molecule has 0 atom stereocenters. The highest BCUT2D eigenvalue weighted by atomic mass is 16.2. The van der Waals surface area contributed by atoms with Gasteiger partial charge in [-0.15, -0.1) is 0 Å². The molecule has 31 heavy (non-hydrogen) atoms. The van der Waals surface area contributed by atoms with Gasteiger partial charge in [-0.25, -0.2) is 15.8 Å². The molecule has 1 fully saturated rings. The van der Waals surface area contributed by atoms with E-state index in [4.69, 9.17) is 11.6 Å². The predicted molar refractivity (Wildman–Crippen MR) is 117 cm³/mol. The number of anilines is 2. The zero-order valence-corrected chi connectivity index (χ0v) is 17.9. The first-order chi connectivity index (χ1) is 14.8. The standard InChI is InChI=1S/C21H29N7O3/c1-13-7-8-16(22)17(26-13)11-24-18(29)12-27-14(2)10-25-20(21(27)31)28(23)19(30)9-15-5-3-4-6-15/h7-8,10,15H,3-6,9,11-12,22-23H2,1-2H3,(H,24,29). The second-order valence-corrected chi connectivity index (χ2v) is 8.00. The molecule has 2 aromatic rings. The van der Waals surface area contributed by atoms with E-state index in [-0.39, 0.29) is 31.2 Å². The minimum absolute atomic E-state index is 0.140. The lowest BCUT2D eigenvalue weighted by atomic mass is 10.0. The number of carbonyl (C=O) groups is 2. The average Bonchev–Trinajstić information content (AvgIpc) is 3.24. The van der Waals surface area contributed by atoms with Gasteiger partial charge in [-0.05, 0) is 44.7 Å². The summed E-state index contributed by atoms with van der Waals surface area (Å²) in [5, 5.41) is 3.53. The van der Waals surface area contributed by atoms with Crippen molar-refractivity contribution in [2.45, 2.75) is 59.0 Å². The van der Waals surface area contributed by atoms with Gasteiger partial charge in [0.05, 0.1) is 17.9 Å². The van der Waals surface area contributed by atoms with E-state index in [2.05, 4.69) is 15.3 Å². The Balaban J connectivity index is 1.69. The molecule has 0 aromatic carbocycles. The van der Waals surface area contributed by atoms with Crippen LogP contribution in [0.2, 0.25) is 0 Å². The van der Waals surface area contributed by atoms with Crippen molar-refractivity contribution in [2.75, 3.05) is 10.7 Å². The molecule has 3 rings (SSSR count). The van der Waals surface area contributed by atoms with E-state index >= 15 is 0 Å². The van der Waals surface area contributed by atoms with E-state index in [0.29, 0.717) is 23.0 Å². The number of nitrogens with one attached hydrogen (secondary N) is 1. The molecule has 0 unspecified atom stereocenters. The maximum absolute atomic E-state index is 12.9. The number of hydrogen-bond donors (Lipinski definition) is 3. The van der Waals surface area contributed by atoms with Crippen LogP contribution in [0.5, 0.6) is 0 Å². The molecule has 2 amide bonds. The summed E-state index contributed by atoms with van der Waals surface area (Å²) in [5.74, 6) is 5.27. The molecular formula is C21H29N7O3. The van der Waals surface area contributed by atoms with Gasteiger partial charge >= 0.3 is 0 Å². The summed E-state index contributed by atoms with van der Waals surface area (Å²) in [7, 11) is 0. The molecule has 10 heteroatoms. The lowest BCUT2D eigenvalue weighted by Gasteiger charge is -2.19. The summed E-state index contributed by atoms with van der Waals surface area (Å²) < 4.78 is 1.24. The van der Waals surface area contributed by atoms with Crippen LogP contribution in [0.15, 0.2) is 23.1 Å². The number of aryl methyl sites for hydroxylation is 2. The quantitative estimate of drug-likeness (QED) is 0.338. The highest BCUT2D eigenvalue weighted by molar-refractivity contribution is 5.91. The molecule has 5 N–H and O–H groups in total. The van der Waals surface area contributed by atoms with Crippen LogP contribution in [0, 0.1) is 19.8 Å². The van der Waals surface area contributed by atoms with Crippen LogP contribution in [0.3, 0.4) is 0 Å². The summed E-state index contributed by atoms with van der Waals surface area (Å²) in [6.45, 7) is 3.39. The molecule has 10 nitrogen and oxygen atoms in total. The minimum atomic E-state index is -0.592. The van der Waals surface area contributed by atoms with Gasteiger partial charge in [0.2, 0.25) is 17.6 Å². The van der Waals surface area contributed by atoms with Gasteiger partial charge in [-0.1, -0.05) is 12.8 Å². The number of nitrogens with two attached hydrogens (primary N) is 2. The fourth-order valence-corrected chi connectivity index (χ4v) is 3.74. The molecule has 2 heterocycles. The SMILES string of the molecule is Cc1ccc(N)c(CNC(=O)Cn2c(C)cnc(N(N)C(=O)CC3CCCC3)c2=O)n1. The van der Waals surface area contributed by atoms with Crippen LogP contribution in [0.25, 0.3) is 0 Å². The van der Waals surface area contributed by atoms with Crippen LogP contribution in [-0.4, -0.2) is 26.3 Å². The lowest BCUT2D eigenvalue weighted by Crippen LogP contribution is -2.44. The van der Waals surface area contributed by atoms with Crippen LogP contribution in [0.4, 0.5) is 11.5 Å². The van der Waals surface area contributed by atoms with E-state index in [9.17, 15) is 14.4 Å². The first kappa shape index (κ1) is 22.4. The monoisotopic (exact) mass is 427 g/mol. The fraction of sp³-hybridized carbons (Fsp3) is 0.476. The van der Waals surface area contributed by atoms with E-state index in [1.165, 1.54) is 10.8 Å². The maximum atomic E-state index is 12.9. The number of nitrogens with zero attached hydrogens (tertiary/aromatic N) is 4. The van der Waals surface area contributed by atoms with Crippen molar-refractivity contribution < 1.29 is 9.59 Å². The largest absolute Gasteiger partial charge is 0.397 e. The van der Waals surface area contributed by atoms with Gasteiger partial charge in [0.25, 0.3) is 5.56 Å². The molecular weight excluding hydrogens is 398 g/mol. The summed E-state index contributed by atoms with van der Waals surface area (Å²) in [4.78, 5) is 46.2. The Bertz CT molecular complexity index is 1030. The van der Waals surface area contributed by atoms with Crippen LogP contribution in [-0.2, 0) is 22.7 Å². The third-order valence-corrected chi connectivity index (χ3v) is 5.57. The van der Waals surface area contributed by atoms with Crippen molar-refractivity contribution in [1.29, 1.82) is 0 Å². The molecule has 0 saturated heterocycles. The number of rotatable bonds is 7. The molecule has 0 radical (unpaired) electrons. The third-order valence-electron chi connectivity index (χ3n) is 5.57. The van der Waals surface area contributed by atoms with Crippen LogP contribution in [0.1, 0.15) is 49.2 Å². The number of hydrogen-bond acceptors (Lipinski definition) is 7. The van der Waals surface area contributed by atoms with Gasteiger partial charge in [0, 0.05) is 24.0 Å². The van der Waals surface area contributed by atoms with Gasteiger partial charge in [0.15, 0.2) is 0 Å². The number of nitrogen functional groups attached to an aromatic ring is 1. The lowest BCUT2D eigenvalue weighted by molar-refractivity contribution is -0.122. The van der Waals surface area contributed by atoms with Gasteiger partial charge in [-0.3, -0.25) is 23.9 Å². The summed E-state index contributed by atoms with van der Waals surface area (Å²) in [5.41, 5.74) is 7.59. The Labute approximate surface area is 180 Å². The number of carbonyl (C=O) groups excluding carboxylic acids is 2. The predicted octanol–water partition coefficient (Wildman–Crippen LogP) is 0.941. The van der Waals surface area contributed by atoms with Crippen LogP contribution < -0.4 is 27.5 Å².